The van der Waals surface area contributed by atoms with E-state index in [0.717, 1.165) is 25.0 Å². The molecule has 1 saturated carbocycles. The van der Waals surface area contributed by atoms with Crippen molar-refractivity contribution in [3.8, 4) is 0 Å². The normalized spacial score (nSPS) is 26.1. The summed E-state index contributed by atoms with van der Waals surface area (Å²) in [7, 11) is 0. The molecule has 0 aliphatic heterocycles. The van der Waals surface area contributed by atoms with Gasteiger partial charge in [-0.1, -0.05) is 6.92 Å². The Morgan fingerprint density at radius 2 is 2.36 bits per heavy atom. The van der Waals surface area contributed by atoms with E-state index in [2.05, 4.69) is 17.3 Å². The molecule has 0 amide bonds. The van der Waals surface area contributed by atoms with Crippen LogP contribution in [0.15, 0.2) is 18.5 Å². The van der Waals surface area contributed by atoms with Gasteiger partial charge in [-0.15, -0.1) is 0 Å². The Bertz CT molecular complexity index is 250. The Hall–Kier alpha value is -0.830. The fraction of sp³-hybridized carbons (Fsp3) is 0.727. The van der Waals surface area contributed by atoms with Crippen LogP contribution in [-0.2, 0) is 6.54 Å². The summed E-state index contributed by atoms with van der Waals surface area (Å²) in [5, 5.41) is 7.74. The van der Waals surface area contributed by atoms with Crippen molar-refractivity contribution in [1.29, 1.82) is 0 Å². The molecule has 1 aromatic heterocycles. The number of hydrogen-bond donors (Lipinski definition) is 1. The molecule has 14 heavy (non-hydrogen) atoms. The minimum Gasteiger partial charge on any atom is -0.314 e. The van der Waals surface area contributed by atoms with Crippen LogP contribution < -0.4 is 5.32 Å². The van der Waals surface area contributed by atoms with Gasteiger partial charge in [0, 0.05) is 25.0 Å². The molecule has 1 N–H and O–H groups in total. The lowest BCUT2D eigenvalue weighted by molar-refractivity contribution is 0.240. The van der Waals surface area contributed by atoms with Crippen LogP contribution >= 0.6 is 0 Å². The van der Waals surface area contributed by atoms with Gasteiger partial charge in [-0.05, 0) is 37.8 Å². The fourth-order valence-electron chi connectivity index (χ4n) is 2.05. The standard InChI is InChI=1S/C11H19N3/c1-10-8-11(9-10)12-4-2-6-14-7-3-5-13-14/h3,5,7,10-12H,2,4,6,8-9H2,1H3. The van der Waals surface area contributed by atoms with Gasteiger partial charge in [0.1, 0.15) is 0 Å². The van der Waals surface area contributed by atoms with Gasteiger partial charge in [-0.3, -0.25) is 4.68 Å². The molecule has 1 fully saturated rings. The zero-order valence-corrected chi connectivity index (χ0v) is 8.82. The van der Waals surface area contributed by atoms with Crippen molar-refractivity contribution in [1.82, 2.24) is 15.1 Å². The van der Waals surface area contributed by atoms with Crippen LogP contribution in [0.2, 0.25) is 0 Å². The van der Waals surface area contributed by atoms with Crippen LogP contribution in [0.25, 0.3) is 0 Å². The summed E-state index contributed by atoms with van der Waals surface area (Å²) < 4.78 is 1.99. The zero-order chi connectivity index (χ0) is 9.80. The van der Waals surface area contributed by atoms with E-state index in [9.17, 15) is 0 Å². The average molecular weight is 193 g/mol. The molecule has 0 unspecified atom stereocenters. The largest absolute Gasteiger partial charge is 0.314 e. The molecule has 0 bridgehead atoms. The Balaban J connectivity index is 1.52. The van der Waals surface area contributed by atoms with Crippen LogP contribution in [-0.4, -0.2) is 22.4 Å². The predicted molar refractivity (Wildman–Crippen MR) is 57.0 cm³/mol. The summed E-state index contributed by atoms with van der Waals surface area (Å²) in [6.45, 7) is 4.47. The SMILES string of the molecule is CC1CC(NCCCn2cccn2)C1. The van der Waals surface area contributed by atoms with Gasteiger partial charge in [0.15, 0.2) is 0 Å². The van der Waals surface area contributed by atoms with Crippen molar-refractivity contribution < 1.29 is 0 Å². The van der Waals surface area contributed by atoms with Crippen molar-refractivity contribution in [3.63, 3.8) is 0 Å². The molecule has 78 valence electrons. The Kier molecular flexibility index (Phi) is 3.19. The molecular weight excluding hydrogens is 174 g/mol. The van der Waals surface area contributed by atoms with Crippen molar-refractivity contribution in [2.75, 3.05) is 6.54 Å². The molecule has 3 nitrogen and oxygen atoms in total. The molecule has 0 radical (unpaired) electrons. The molecule has 0 spiro atoms. The number of aryl methyl sites for hydroxylation is 1. The number of nitrogens with one attached hydrogen (secondary N) is 1. The topological polar surface area (TPSA) is 29.9 Å². The molecule has 0 atom stereocenters. The molecule has 1 heterocycles. The van der Waals surface area contributed by atoms with Gasteiger partial charge in [0.25, 0.3) is 0 Å². The molecular formula is C11H19N3. The molecule has 3 heteroatoms. The molecule has 1 aromatic rings. The fourth-order valence-corrected chi connectivity index (χ4v) is 2.05. The first-order chi connectivity index (χ1) is 6.84. The van der Waals surface area contributed by atoms with Gasteiger partial charge in [0.05, 0.1) is 0 Å². The van der Waals surface area contributed by atoms with Crippen molar-refractivity contribution in [2.45, 2.75) is 38.8 Å². The first kappa shape index (κ1) is 9.71. The second kappa shape index (κ2) is 4.60. The number of hydrogen-bond acceptors (Lipinski definition) is 2. The predicted octanol–water partition coefficient (Wildman–Crippen LogP) is 1.66. The van der Waals surface area contributed by atoms with Crippen LogP contribution in [0.3, 0.4) is 0 Å². The zero-order valence-electron chi connectivity index (χ0n) is 8.82. The number of nitrogens with zero attached hydrogens (tertiary/aromatic N) is 2. The molecule has 2 rings (SSSR count). The molecule has 1 aliphatic carbocycles. The summed E-state index contributed by atoms with van der Waals surface area (Å²) in [6.07, 6.45) is 7.75. The van der Waals surface area contributed by atoms with E-state index < -0.39 is 0 Å². The maximum Gasteiger partial charge on any atom is 0.0489 e. The second-order valence-corrected chi connectivity index (χ2v) is 4.35. The van der Waals surface area contributed by atoms with Gasteiger partial charge in [-0.2, -0.15) is 5.10 Å². The maximum absolute atomic E-state index is 4.17. The molecule has 1 aliphatic rings. The molecule has 0 aromatic carbocycles. The summed E-state index contributed by atoms with van der Waals surface area (Å²) in [5.41, 5.74) is 0. The lowest BCUT2D eigenvalue weighted by Crippen LogP contribution is -2.40. The summed E-state index contributed by atoms with van der Waals surface area (Å²) in [4.78, 5) is 0. The third-order valence-corrected chi connectivity index (χ3v) is 2.93. The highest BCUT2D eigenvalue weighted by Gasteiger charge is 2.23. The lowest BCUT2D eigenvalue weighted by atomic mass is 9.82. The van der Waals surface area contributed by atoms with Gasteiger partial charge in [-0.25, -0.2) is 0 Å². The first-order valence-electron chi connectivity index (χ1n) is 5.55. The van der Waals surface area contributed by atoms with E-state index in [-0.39, 0.29) is 0 Å². The van der Waals surface area contributed by atoms with E-state index in [4.69, 9.17) is 0 Å². The van der Waals surface area contributed by atoms with Crippen LogP contribution in [0.1, 0.15) is 26.2 Å². The third-order valence-electron chi connectivity index (χ3n) is 2.93. The second-order valence-electron chi connectivity index (χ2n) is 4.35. The average Bonchev–Trinajstić information content (AvgIpc) is 2.61. The Morgan fingerprint density at radius 1 is 1.50 bits per heavy atom. The smallest absolute Gasteiger partial charge is 0.0489 e. The molecule has 0 saturated heterocycles. The third kappa shape index (κ3) is 2.58. The minimum atomic E-state index is 0.794. The van der Waals surface area contributed by atoms with Gasteiger partial charge in [0.2, 0.25) is 0 Å². The van der Waals surface area contributed by atoms with Gasteiger partial charge >= 0.3 is 0 Å². The Morgan fingerprint density at radius 3 is 3.00 bits per heavy atom. The van der Waals surface area contributed by atoms with Gasteiger partial charge < -0.3 is 5.32 Å². The Labute approximate surface area is 85.5 Å². The van der Waals surface area contributed by atoms with E-state index in [1.54, 1.807) is 0 Å². The maximum atomic E-state index is 4.17. The summed E-state index contributed by atoms with van der Waals surface area (Å²) in [5.74, 6) is 0.943. The number of rotatable bonds is 5. The first-order valence-corrected chi connectivity index (χ1v) is 5.55. The van der Waals surface area contributed by atoms with Crippen molar-refractivity contribution in [3.05, 3.63) is 18.5 Å². The van der Waals surface area contributed by atoms with E-state index >= 15 is 0 Å². The van der Waals surface area contributed by atoms with Crippen LogP contribution in [0, 0.1) is 5.92 Å². The summed E-state index contributed by atoms with van der Waals surface area (Å²) >= 11 is 0. The van der Waals surface area contributed by atoms with E-state index in [0.29, 0.717) is 0 Å². The highest BCUT2D eigenvalue weighted by molar-refractivity contribution is 4.82. The van der Waals surface area contributed by atoms with E-state index in [1.165, 1.54) is 19.3 Å². The van der Waals surface area contributed by atoms with Crippen LogP contribution in [0.5, 0.6) is 0 Å². The van der Waals surface area contributed by atoms with Crippen LogP contribution in [0.4, 0.5) is 0 Å². The van der Waals surface area contributed by atoms with Crippen molar-refractivity contribution in [2.24, 2.45) is 5.92 Å². The lowest BCUT2D eigenvalue weighted by Gasteiger charge is -2.33. The highest BCUT2D eigenvalue weighted by atomic mass is 15.3. The number of aromatic nitrogens is 2. The monoisotopic (exact) mass is 193 g/mol. The quantitative estimate of drug-likeness (QED) is 0.721. The minimum absolute atomic E-state index is 0.794. The highest BCUT2D eigenvalue weighted by Crippen LogP contribution is 2.25. The van der Waals surface area contributed by atoms with E-state index in [1.807, 2.05) is 23.1 Å². The summed E-state index contributed by atoms with van der Waals surface area (Å²) in [6, 6.07) is 2.77. The van der Waals surface area contributed by atoms with Crippen molar-refractivity contribution >= 4 is 0 Å².